The Bertz CT molecular complexity index is 3180. The molecule has 1 N–H and O–H groups in total. The van der Waals surface area contributed by atoms with Crippen LogP contribution in [0.15, 0.2) is 147 Å². The molecule has 27 heteroatoms. The third kappa shape index (κ3) is 13.1. The van der Waals surface area contributed by atoms with Crippen LogP contribution in [0.1, 0.15) is 5.56 Å². The predicted octanol–water partition coefficient (Wildman–Crippen LogP) is -5.11. The maximum Gasteiger partial charge on any atom is 1.00 e. The Kier molecular flexibility index (Phi) is 19.1. The van der Waals surface area contributed by atoms with E-state index in [1.165, 1.54) is 30.3 Å². The molecule has 6 aromatic carbocycles. The summed E-state index contributed by atoms with van der Waals surface area (Å²) >= 11 is 0. The molecule has 0 bridgehead atoms. The van der Waals surface area contributed by atoms with Crippen molar-refractivity contribution in [2.24, 2.45) is 30.7 Å². The Balaban J connectivity index is 0.00000310. The van der Waals surface area contributed by atoms with Crippen molar-refractivity contribution in [1.29, 1.82) is 0 Å². The Morgan fingerprint density at radius 2 is 0.850 bits per heavy atom. The summed E-state index contributed by atoms with van der Waals surface area (Å²) in [5.74, 6) is 0.0756. The maximum absolute atomic E-state index is 12.2. The molecule has 0 saturated heterocycles. The summed E-state index contributed by atoms with van der Waals surface area (Å²) in [6, 6.07) is 18.9. The van der Waals surface area contributed by atoms with Crippen molar-refractivity contribution in [2.45, 2.75) is 26.5 Å². The van der Waals surface area contributed by atoms with Crippen LogP contribution in [0, 0.1) is 6.92 Å². The van der Waals surface area contributed by atoms with Crippen molar-refractivity contribution in [3.8, 4) is 5.75 Å². The first kappa shape index (κ1) is 54.2. The molecule has 0 aliphatic heterocycles. The van der Waals surface area contributed by atoms with Crippen molar-refractivity contribution in [3.05, 3.63) is 103 Å². The number of azo groups is 3. The van der Waals surface area contributed by atoms with E-state index in [-0.39, 0.29) is 152 Å². The van der Waals surface area contributed by atoms with E-state index in [0.29, 0.717) is 34.8 Å². The first-order valence-corrected chi connectivity index (χ1v) is 20.9. The molecule has 0 radical (unpaired) electrons. The smallest absolute Gasteiger partial charge is 0.744 e. The number of nitrogens with zero attached hydrogens (tertiary/aromatic N) is 6. The number of aromatic hydroxyl groups is 1. The molecular formula is C33H20N6Na4O13S4. The topological polar surface area (TPSA) is 323 Å². The van der Waals surface area contributed by atoms with Crippen LogP contribution in [-0.4, -0.2) is 57.0 Å². The first-order chi connectivity index (χ1) is 26.1. The van der Waals surface area contributed by atoms with Gasteiger partial charge in [0.15, 0.2) is 0 Å². The van der Waals surface area contributed by atoms with Gasteiger partial charge >= 0.3 is 118 Å². The summed E-state index contributed by atoms with van der Waals surface area (Å²) in [6.07, 6.45) is 0. The van der Waals surface area contributed by atoms with E-state index >= 15 is 0 Å². The molecule has 6 rings (SSSR count). The summed E-state index contributed by atoms with van der Waals surface area (Å²) < 4.78 is 144. The standard InChI is InChI=1S/C33H24N6O13S4.4Na/c1-18-12-20(35-34-19-2-5-22(40)6-3-19)4-9-29(18)37-39-30-10-11-31(26-15-23(53(41,42)43)7-8-25(26)30)38-36-21-13-27-28(32(14-21)55(47,48)49)16-24(54(44,45)46)17-33(27)56(50,51)52;;;;/h2-17,40H,1H3,(H,41,42,43)(H,44,45,46)(H,47,48,49)(H,50,51,52);;;;/q;4*+1/p-4. The fourth-order valence-corrected chi connectivity index (χ4v) is 7.77. The summed E-state index contributed by atoms with van der Waals surface area (Å²) in [6.45, 7) is 1.73. The molecule has 0 saturated carbocycles. The zero-order valence-corrected chi connectivity index (χ0v) is 43.2. The van der Waals surface area contributed by atoms with Gasteiger partial charge in [0.05, 0.1) is 53.7 Å². The molecule has 0 amide bonds. The zero-order chi connectivity index (χ0) is 40.8. The van der Waals surface area contributed by atoms with E-state index in [0.717, 1.165) is 18.2 Å². The molecule has 0 aliphatic rings. The van der Waals surface area contributed by atoms with Crippen LogP contribution in [0.3, 0.4) is 0 Å². The van der Waals surface area contributed by atoms with Crippen molar-refractivity contribution < 1.29 is 175 Å². The number of hydrogen-bond donors (Lipinski definition) is 1. The Morgan fingerprint density at radius 3 is 1.42 bits per heavy atom. The molecule has 6 aromatic rings. The fourth-order valence-electron chi connectivity index (χ4n) is 5.27. The third-order valence-electron chi connectivity index (χ3n) is 7.86. The largest absolute Gasteiger partial charge is 1.00 e. The number of aryl methyl sites for hydroxylation is 1. The Morgan fingerprint density at radius 1 is 0.400 bits per heavy atom. The summed E-state index contributed by atoms with van der Waals surface area (Å²) in [5, 5.41) is 32.6. The molecule has 0 unspecified atom stereocenters. The van der Waals surface area contributed by atoms with Crippen molar-refractivity contribution in [2.75, 3.05) is 0 Å². The van der Waals surface area contributed by atoms with Crippen molar-refractivity contribution in [3.63, 3.8) is 0 Å². The molecular weight excluding hydrogens is 909 g/mol. The van der Waals surface area contributed by atoms with Gasteiger partial charge < -0.3 is 23.3 Å². The number of fused-ring (bicyclic) bond motifs is 2. The minimum Gasteiger partial charge on any atom is -0.744 e. The molecule has 288 valence electrons. The van der Waals surface area contributed by atoms with E-state index in [4.69, 9.17) is 0 Å². The zero-order valence-electron chi connectivity index (χ0n) is 31.9. The van der Waals surface area contributed by atoms with Gasteiger partial charge in [-0.1, -0.05) is 6.07 Å². The van der Waals surface area contributed by atoms with Crippen LogP contribution >= 0.6 is 0 Å². The molecule has 0 atom stereocenters. The van der Waals surface area contributed by atoms with Crippen LogP contribution in [0.25, 0.3) is 21.5 Å². The average molecular weight is 929 g/mol. The SMILES string of the molecule is Cc1cc(N=Nc2ccc(O)cc2)ccc1N=Nc1ccc(N=Nc2cc(S(=O)(=O)[O-])c3cc(S(=O)(=O)[O-])cc(S(=O)(=O)[O-])c3c2)c2cc(S(=O)(=O)[O-])ccc12.[Na+].[Na+].[Na+].[Na+]. The quantitative estimate of drug-likeness (QED) is 0.0765. The van der Waals surface area contributed by atoms with Gasteiger partial charge in [-0.15, -0.1) is 10.2 Å². The van der Waals surface area contributed by atoms with Gasteiger partial charge in [-0.3, -0.25) is 0 Å². The van der Waals surface area contributed by atoms with Crippen molar-refractivity contribution >= 4 is 96.1 Å². The fraction of sp³-hybridized carbons (Fsp3) is 0.0303. The molecule has 0 aromatic heterocycles. The molecule has 0 spiro atoms. The van der Waals surface area contributed by atoms with Crippen molar-refractivity contribution in [1.82, 2.24) is 0 Å². The molecule has 19 nitrogen and oxygen atoms in total. The predicted molar refractivity (Wildman–Crippen MR) is 192 cm³/mol. The van der Waals surface area contributed by atoms with Gasteiger partial charge in [-0.25, -0.2) is 33.7 Å². The average Bonchev–Trinajstić information content (AvgIpc) is 3.11. The Labute approximate surface area is 431 Å². The van der Waals surface area contributed by atoms with Gasteiger partial charge in [0, 0.05) is 21.5 Å². The van der Waals surface area contributed by atoms with E-state index < -0.39 is 76.5 Å². The van der Waals surface area contributed by atoms with Crippen LogP contribution in [0.5, 0.6) is 5.75 Å². The van der Waals surface area contributed by atoms with Gasteiger partial charge in [-0.05, 0) is 103 Å². The second kappa shape index (κ2) is 21.2. The second-order valence-corrected chi connectivity index (χ2v) is 17.1. The summed E-state index contributed by atoms with van der Waals surface area (Å²) in [5.41, 5.74) is 1.48. The summed E-state index contributed by atoms with van der Waals surface area (Å²) in [7, 11) is -21.6. The molecule has 0 fully saturated rings. The van der Waals surface area contributed by atoms with Gasteiger partial charge in [-0.2, -0.15) is 20.5 Å². The van der Waals surface area contributed by atoms with Crippen LogP contribution < -0.4 is 118 Å². The molecule has 0 aliphatic carbocycles. The number of benzene rings is 6. The van der Waals surface area contributed by atoms with E-state index in [1.807, 2.05) is 0 Å². The van der Waals surface area contributed by atoms with E-state index in [1.54, 1.807) is 37.3 Å². The normalized spacial score (nSPS) is 12.3. The van der Waals surface area contributed by atoms with E-state index in [9.17, 15) is 57.0 Å². The number of phenols is 1. The van der Waals surface area contributed by atoms with E-state index in [2.05, 4.69) is 30.7 Å². The molecule has 60 heavy (non-hydrogen) atoms. The monoisotopic (exact) mass is 928 g/mol. The second-order valence-electron chi connectivity index (χ2n) is 11.7. The first-order valence-electron chi connectivity index (χ1n) is 15.2. The Hall–Kier alpha value is -1.92. The number of rotatable bonds is 10. The minimum absolute atomic E-state index is 0. The maximum atomic E-state index is 12.2. The van der Waals surface area contributed by atoms with Crippen LogP contribution in [-0.2, 0) is 40.5 Å². The molecule has 0 heterocycles. The van der Waals surface area contributed by atoms with Gasteiger partial charge in [0.25, 0.3) is 0 Å². The van der Waals surface area contributed by atoms with Crippen LogP contribution in [0.4, 0.5) is 34.1 Å². The number of phenolic OH excluding ortho intramolecular Hbond substituents is 1. The third-order valence-corrected chi connectivity index (χ3v) is 11.3. The van der Waals surface area contributed by atoms with Crippen LogP contribution in [0.2, 0.25) is 0 Å². The number of hydrogen-bond acceptors (Lipinski definition) is 19. The van der Waals surface area contributed by atoms with Gasteiger partial charge in [0.2, 0.25) is 0 Å². The minimum atomic E-state index is -5.60. The van der Waals surface area contributed by atoms with Gasteiger partial charge in [0.1, 0.15) is 46.2 Å². The summed E-state index contributed by atoms with van der Waals surface area (Å²) in [4.78, 5) is -4.57.